The standard InChI is InChI=1S/C14H27NO3/c1-2-3-4-11-5-7-12(8-6-11)14(18)15-9-13(17)10-16/h11-13,16-17H,2-10H2,1H3,(H,15,18). The quantitative estimate of drug-likeness (QED) is 0.646. The third kappa shape index (κ3) is 5.36. The Bertz CT molecular complexity index is 237. The highest BCUT2D eigenvalue weighted by molar-refractivity contribution is 5.78. The summed E-state index contributed by atoms with van der Waals surface area (Å²) in [4.78, 5) is 11.8. The number of unbranched alkanes of at least 4 members (excludes halogenated alkanes) is 1. The molecule has 1 fully saturated rings. The van der Waals surface area contributed by atoms with E-state index in [1.54, 1.807) is 0 Å². The van der Waals surface area contributed by atoms with Crippen molar-refractivity contribution < 1.29 is 15.0 Å². The Kier molecular flexibility index (Phi) is 7.28. The minimum absolute atomic E-state index is 0.0384. The van der Waals surface area contributed by atoms with Crippen molar-refractivity contribution in [1.82, 2.24) is 5.32 Å². The molecule has 0 spiro atoms. The Morgan fingerprint density at radius 3 is 2.56 bits per heavy atom. The predicted octanol–water partition coefficient (Wildman–Crippen LogP) is 1.45. The van der Waals surface area contributed by atoms with Crippen molar-refractivity contribution >= 4 is 5.91 Å². The Labute approximate surface area is 110 Å². The number of amides is 1. The van der Waals surface area contributed by atoms with Gasteiger partial charge in [-0.3, -0.25) is 4.79 Å². The second kappa shape index (κ2) is 8.48. The lowest BCUT2D eigenvalue weighted by atomic mass is 9.79. The molecule has 0 aromatic heterocycles. The van der Waals surface area contributed by atoms with Gasteiger partial charge in [0.25, 0.3) is 0 Å². The normalized spacial score (nSPS) is 25.7. The molecule has 0 heterocycles. The van der Waals surface area contributed by atoms with Crippen LogP contribution >= 0.6 is 0 Å². The van der Waals surface area contributed by atoms with Crippen LogP contribution in [0.5, 0.6) is 0 Å². The van der Waals surface area contributed by atoms with Gasteiger partial charge in [-0.2, -0.15) is 0 Å². The largest absolute Gasteiger partial charge is 0.394 e. The maximum Gasteiger partial charge on any atom is 0.223 e. The SMILES string of the molecule is CCCCC1CCC(C(=O)NCC(O)CO)CC1. The molecule has 1 atom stereocenters. The van der Waals surface area contributed by atoms with Crippen molar-refractivity contribution in [2.45, 2.75) is 58.0 Å². The molecule has 18 heavy (non-hydrogen) atoms. The second-order valence-corrected chi connectivity index (χ2v) is 5.44. The number of nitrogens with one attached hydrogen (secondary N) is 1. The first-order valence-electron chi connectivity index (χ1n) is 7.24. The van der Waals surface area contributed by atoms with Crippen LogP contribution in [0.25, 0.3) is 0 Å². The van der Waals surface area contributed by atoms with E-state index in [0.717, 1.165) is 31.6 Å². The summed E-state index contributed by atoms with van der Waals surface area (Å²) in [5, 5.41) is 20.6. The fraction of sp³-hybridized carbons (Fsp3) is 0.929. The van der Waals surface area contributed by atoms with Crippen molar-refractivity contribution in [2.24, 2.45) is 11.8 Å². The summed E-state index contributed by atoms with van der Waals surface area (Å²) in [5.74, 6) is 0.947. The van der Waals surface area contributed by atoms with Crippen LogP contribution in [0, 0.1) is 11.8 Å². The van der Waals surface area contributed by atoms with Gasteiger partial charge in [-0.25, -0.2) is 0 Å². The number of carbonyl (C=O) groups excluding carboxylic acids is 1. The van der Waals surface area contributed by atoms with Gasteiger partial charge in [0.05, 0.1) is 12.7 Å². The molecule has 1 unspecified atom stereocenters. The maximum absolute atomic E-state index is 11.8. The van der Waals surface area contributed by atoms with Gasteiger partial charge in [0.15, 0.2) is 0 Å². The summed E-state index contributed by atoms with van der Waals surface area (Å²) in [5.41, 5.74) is 0. The molecule has 0 aliphatic heterocycles. The van der Waals surface area contributed by atoms with Crippen molar-refractivity contribution in [1.29, 1.82) is 0 Å². The van der Waals surface area contributed by atoms with E-state index >= 15 is 0 Å². The first kappa shape index (κ1) is 15.4. The molecule has 4 nitrogen and oxygen atoms in total. The highest BCUT2D eigenvalue weighted by Gasteiger charge is 2.25. The van der Waals surface area contributed by atoms with Crippen LogP contribution < -0.4 is 5.32 Å². The van der Waals surface area contributed by atoms with Crippen LogP contribution in [0.4, 0.5) is 0 Å². The van der Waals surface area contributed by atoms with Gasteiger partial charge in [-0.1, -0.05) is 26.2 Å². The molecule has 0 saturated heterocycles. The van der Waals surface area contributed by atoms with Gasteiger partial charge >= 0.3 is 0 Å². The Morgan fingerprint density at radius 1 is 1.33 bits per heavy atom. The van der Waals surface area contributed by atoms with E-state index in [4.69, 9.17) is 5.11 Å². The van der Waals surface area contributed by atoms with Gasteiger partial charge in [-0.15, -0.1) is 0 Å². The number of hydrogen-bond acceptors (Lipinski definition) is 3. The second-order valence-electron chi connectivity index (χ2n) is 5.44. The van der Waals surface area contributed by atoms with Crippen LogP contribution in [0.1, 0.15) is 51.9 Å². The van der Waals surface area contributed by atoms with Gasteiger partial charge in [-0.05, 0) is 31.6 Å². The van der Waals surface area contributed by atoms with Crippen LogP contribution in [0.3, 0.4) is 0 Å². The summed E-state index contributed by atoms with van der Waals surface area (Å²) in [6.07, 6.45) is 7.25. The molecule has 106 valence electrons. The average Bonchev–Trinajstić information content (AvgIpc) is 2.42. The van der Waals surface area contributed by atoms with Crippen LogP contribution in [0.15, 0.2) is 0 Å². The topological polar surface area (TPSA) is 69.6 Å². The highest BCUT2D eigenvalue weighted by atomic mass is 16.3. The Hall–Kier alpha value is -0.610. The molecule has 1 rings (SSSR count). The molecular weight excluding hydrogens is 230 g/mol. The maximum atomic E-state index is 11.8. The van der Waals surface area contributed by atoms with Crippen molar-refractivity contribution in [3.8, 4) is 0 Å². The van der Waals surface area contributed by atoms with E-state index in [1.807, 2.05) is 0 Å². The van der Waals surface area contributed by atoms with Gasteiger partial charge < -0.3 is 15.5 Å². The smallest absolute Gasteiger partial charge is 0.223 e. The molecule has 0 bridgehead atoms. The van der Waals surface area contributed by atoms with Crippen LogP contribution in [0.2, 0.25) is 0 Å². The van der Waals surface area contributed by atoms with Gasteiger partial charge in [0.1, 0.15) is 0 Å². The summed E-state index contributed by atoms with van der Waals surface area (Å²) in [7, 11) is 0. The Morgan fingerprint density at radius 2 is 2.00 bits per heavy atom. The molecule has 0 aromatic rings. The molecule has 3 N–H and O–H groups in total. The van der Waals surface area contributed by atoms with Crippen LogP contribution in [-0.4, -0.2) is 35.4 Å². The zero-order valence-corrected chi connectivity index (χ0v) is 11.4. The number of aliphatic hydroxyl groups excluding tert-OH is 2. The monoisotopic (exact) mass is 257 g/mol. The van der Waals surface area contributed by atoms with Crippen molar-refractivity contribution in [3.63, 3.8) is 0 Å². The third-order valence-corrected chi connectivity index (χ3v) is 3.91. The molecule has 4 heteroatoms. The zero-order chi connectivity index (χ0) is 13.4. The zero-order valence-electron chi connectivity index (χ0n) is 11.4. The average molecular weight is 257 g/mol. The summed E-state index contributed by atoms with van der Waals surface area (Å²) in [6, 6.07) is 0. The number of hydrogen-bond donors (Lipinski definition) is 3. The van der Waals surface area contributed by atoms with Gasteiger partial charge in [0.2, 0.25) is 5.91 Å². The Balaban J connectivity index is 2.19. The van der Waals surface area contributed by atoms with E-state index in [-0.39, 0.29) is 25.0 Å². The fourth-order valence-corrected chi connectivity index (χ4v) is 2.63. The van der Waals surface area contributed by atoms with E-state index in [1.165, 1.54) is 19.3 Å². The molecule has 1 saturated carbocycles. The summed E-state index contributed by atoms with van der Waals surface area (Å²) >= 11 is 0. The summed E-state index contributed by atoms with van der Waals surface area (Å²) < 4.78 is 0. The molecule has 1 aliphatic rings. The van der Waals surface area contributed by atoms with Gasteiger partial charge in [0, 0.05) is 12.5 Å². The molecule has 1 amide bonds. The first-order valence-corrected chi connectivity index (χ1v) is 7.24. The molecule has 0 radical (unpaired) electrons. The van der Waals surface area contributed by atoms with E-state index in [0.29, 0.717) is 0 Å². The lowest BCUT2D eigenvalue weighted by molar-refractivity contribution is -0.126. The third-order valence-electron chi connectivity index (χ3n) is 3.91. The minimum atomic E-state index is -0.838. The highest BCUT2D eigenvalue weighted by Crippen LogP contribution is 2.31. The fourth-order valence-electron chi connectivity index (χ4n) is 2.63. The summed E-state index contributed by atoms with van der Waals surface area (Å²) in [6.45, 7) is 2.07. The van der Waals surface area contributed by atoms with E-state index < -0.39 is 6.10 Å². The van der Waals surface area contributed by atoms with Crippen molar-refractivity contribution in [2.75, 3.05) is 13.2 Å². The first-order chi connectivity index (χ1) is 8.67. The van der Waals surface area contributed by atoms with Crippen LogP contribution in [-0.2, 0) is 4.79 Å². The number of carbonyl (C=O) groups is 1. The van der Waals surface area contributed by atoms with Crippen molar-refractivity contribution in [3.05, 3.63) is 0 Å². The molecular formula is C14H27NO3. The lowest BCUT2D eigenvalue weighted by Crippen LogP contribution is -2.38. The lowest BCUT2D eigenvalue weighted by Gasteiger charge is -2.27. The van der Waals surface area contributed by atoms with E-state index in [9.17, 15) is 9.90 Å². The molecule has 1 aliphatic carbocycles. The minimum Gasteiger partial charge on any atom is -0.394 e. The number of rotatable bonds is 7. The van der Waals surface area contributed by atoms with E-state index in [2.05, 4.69) is 12.2 Å². The number of aliphatic hydroxyl groups is 2. The predicted molar refractivity (Wildman–Crippen MR) is 71.1 cm³/mol. The molecule has 0 aromatic carbocycles.